The maximum absolute atomic E-state index is 12.0. The molecule has 2 nitrogen and oxygen atoms in total. The van der Waals surface area contributed by atoms with Gasteiger partial charge in [0.2, 0.25) is 0 Å². The van der Waals surface area contributed by atoms with Gasteiger partial charge in [-0.3, -0.25) is 9.59 Å². The van der Waals surface area contributed by atoms with Crippen molar-refractivity contribution in [3.05, 3.63) is 0 Å². The summed E-state index contributed by atoms with van der Waals surface area (Å²) >= 11 is 0. The van der Waals surface area contributed by atoms with E-state index in [9.17, 15) is 9.59 Å². The van der Waals surface area contributed by atoms with E-state index in [2.05, 4.69) is 13.8 Å². The first-order valence-corrected chi connectivity index (χ1v) is 13.8. The molecule has 30 heavy (non-hydrogen) atoms. The molecule has 0 spiro atoms. The Bertz CT molecular complexity index is 375. The normalized spacial score (nSPS) is 11.1. The molecule has 0 atom stereocenters. The van der Waals surface area contributed by atoms with Crippen molar-refractivity contribution in [3.8, 4) is 0 Å². The molecule has 0 N–H and O–H groups in total. The van der Waals surface area contributed by atoms with Gasteiger partial charge in [0.05, 0.1) is 0 Å². The van der Waals surface area contributed by atoms with Gasteiger partial charge in [-0.1, -0.05) is 142 Å². The van der Waals surface area contributed by atoms with Crippen molar-refractivity contribution in [3.63, 3.8) is 0 Å². The lowest BCUT2D eigenvalue weighted by atomic mass is 10.0. The van der Waals surface area contributed by atoms with Crippen molar-refractivity contribution in [1.29, 1.82) is 0 Å². The van der Waals surface area contributed by atoms with Gasteiger partial charge in [0.15, 0.2) is 11.6 Å². The summed E-state index contributed by atoms with van der Waals surface area (Å²) < 4.78 is 0. The number of hydrogen-bond donors (Lipinski definition) is 0. The number of unbranched alkanes of at least 4 members (excludes halogenated alkanes) is 20. The zero-order valence-corrected chi connectivity index (χ0v) is 20.8. The summed E-state index contributed by atoms with van der Waals surface area (Å²) in [6.45, 7) is 4.52. The summed E-state index contributed by atoms with van der Waals surface area (Å²) in [5.74, 6) is -0.227. The zero-order chi connectivity index (χ0) is 22.1. The summed E-state index contributed by atoms with van der Waals surface area (Å²) in [7, 11) is 0. The Labute approximate surface area is 189 Å². The molecule has 0 amide bonds. The molecule has 0 aromatic heterocycles. The van der Waals surface area contributed by atoms with Crippen molar-refractivity contribution in [1.82, 2.24) is 0 Å². The van der Waals surface area contributed by atoms with Gasteiger partial charge in [0, 0.05) is 12.8 Å². The molecule has 0 radical (unpaired) electrons. The van der Waals surface area contributed by atoms with Crippen LogP contribution in [0.3, 0.4) is 0 Å². The second-order valence-electron chi connectivity index (χ2n) is 9.42. The molecule has 178 valence electrons. The lowest BCUT2D eigenvalue weighted by molar-refractivity contribution is -0.136. The van der Waals surface area contributed by atoms with Crippen LogP contribution in [0.25, 0.3) is 0 Å². The number of carbonyl (C=O) groups excluding carboxylic acids is 2. The first-order chi connectivity index (χ1) is 14.7. The first kappa shape index (κ1) is 29.3. The smallest absolute Gasteiger partial charge is 0.198 e. The van der Waals surface area contributed by atoms with Gasteiger partial charge >= 0.3 is 0 Å². The number of Topliss-reactive ketones (excluding diaryl/α,β-unsaturated/α-hetero) is 2. The third kappa shape index (κ3) is 22.0. The highest BCUT2D eigenvalue weighted by Crippen LogP contribution is 2.14. The van der Waals surface area contributed by atoms with E-state index in [-0.39, 0.29) is 11.6 Å². The van der Waals surface area contributed by atoms with Gasteiger partial charge in [-0.05, 0) is 12.8 Å². The summed E-state index contributed by atoms with van der Waals surface area (Å²) in [6, 6.07) is 0. The average Bonchev–Trinajstić information content (AvgIpc) is 2.75. The van der Waals surface area contributed by atoms with Gasteiger partial charge in [-0.2, -0.15) is 0 Å². The van der Waals surface area contributed by atoms with E-state index in [0.717, 1.165) is 25.7 Å². The molecular weight excluding hydrogens is 368 g/mol. The third-order valence-electron chi connectivity index (χ3n) is 6.33. The van der Waals surface area contributed by atoms with Crippen LogP contribution in [0.4, 0.5) is 0 Å². The molecule has 0 aromatic rings. The van der Waals surface area contributed by atoms with Crippen LogP contribution in [-0.2, 0) is 9.59 Å². The van der Waals surface area contributed by atoms with Gasteiger partial charge in [0.1, 0.15) is 0 Å². The number of ketones is 2. The van der Waals surface area contributed by atoms with Gasteiger partial charge in [-0.15, -0.1) is 0 Å². The van der Waals surface area contributed by atoms with Crippen LogP contribution >= 0.6 is 0 Å². The van der Waals surface area contributed by atoms with E-state index < -0.39 is 0 Å². The zero-order valence-electron chi connectivity index (χ0n) is 20.8. The molecule has 0 aliphatic rings. The maximum atomic E-state index is 12.0. The maximum Gasteiger partial charge on any atom is 0.198 e. The Morgan fingerprint density at radius 2 is 0.533 bits per heavy atom. The first-order valence-electron chi connectivity index (χ1n) is 13.8. The topological polar surface area (TPSA) is 34.1 Å². The van der Waals surface area contributed by atoms with Crippen LogP contribution in [0, 0.1) is 0 Å². The fourth-order valence-electron chi connectivity index (χ4n) is 4.18. The molecule has 0 fully saturated rings. The van der Waals surface area contributed by atoms with E-state index in [0.29, 0.717) is 12.8 Å². The van der Waals surface area contributed by atoms with Crippen molar-refractivity contribution in [2.75, 3.05) is 0 Å². The molecule has 0 saturated heterocycles. The quantitative estimate of drug-likeness (QED) is 0.108. The van der Waals surface area contributed by atoms with Crippen molar-refractivity contribution < 1.29 is 9.59 Å². The van der Waals surface area contributed by atoms with Crippen LogP contribution < -0.4 is 0 Å². The molecule has 2 heteroatoms. The van der Waals surface area contributed by atoms with Crippen LogP contribution in [-0.4, -0.2) is 11.6 Å². The minimum Gasteiger partial charge on any atom is -0.291 e. The number of carbonyl (C=O) groups is 2. The monoisotopic (exact) mass is 422 g/mol. The van der Waals surface area contributed by atoms with E-state index in [1.54, 1.807) is 0 Å². The minimum atomic E-state index is -0.114. The Morgan fingerprint density at radius 3 is 0.767 bits per heavy atom. The Hall–Kier alpha value is -0.660. The molecular formula is C28H54O2. The molecule has 0 aliphatic heterocycles. The lowest BCUT2D eigenvalue weighted by Crippen LogP contribution is -2.13. The Morgan fingerprint density at radius 1 is 0.333 bits per heavy atom. The van der Waals surface area contributed by atoms with E-state index >= 15 is 0 Å². The van der Waals surface area contributed by atoms with Gasteiger partial charge in [0.25, 0.3) is 0 Å². The highest BCUT2D eigenvalue weighted by molar-refractivity contribution is 6.37. The lowest BCUT2D eigenvalue weighted by Gasteiger charge is -2.04. The van der Waals surface area contributed by atoms with E-state index in [1.165, 1.54) is 116 Å². The predicted octanol–water partition coefficient (Wildman–Crippen LogP) is 9.53. The molecule has 0 unspecified atom stereocenters. The number of rotatable bonds is 25. The molecule has 0 aliphatic carbocycles. The van der Waals surface area contributed by atoms with Crippen LogP contribution in [0.2, 0.25) is 0 Å². The molecule has 0 saturated carbocycles. The van der Waals surface area contributed by atoms with Crippen LogP contribution in [0.15, 0.2) is 0 Å². The van der Waals surface area contributed by atoms with Crippen LogP contribution in [0.5, 0.6) is 0 Å². The highest BCUT2D eigenvalue weighted by Gasteiger charge is 2.12. The Kier molecular flexibility index (Phi) is 24.1. The second kappa shape index (κ2) is 24.6. The van der Waals surface area contributed by atoms with Gasteiger partial charge < -0.3 is 0 Å². The van der Waals surface area contributed by atoms with E-state index in [4.69, 9.17) is 0 Å². The van der Waals surface area contributed by atoms with Crippen molar-refractivity contribution >= 4 is 11.6 Å². The standard InChI is InChI=1S/C28H54O2/c1-3-5-7-9-11-13-14-15-16-18-20-22-24-26-28(30)27(29)25-23-21-19-17-12-10-8-6-4-2/h3-26H2,1-2H3. The van der Waals surface area contributed by atoms with Crippen LogP contribution in [0.1, 0.15) is 168 Å². The molecule has 0 rings (SSSR count). The van der Waals surface area contributed by atoms with E-state index in [1.807, 2.05) is 0 Å². The fourth-order valence-corrected chi connectivity index (χ4v) is 4.18. The summed E-state index contributed by atoms with van der Waals surface area (Å²) in [5.41, 5.74) is 0. The molecule has 0 aromatic carbocycles. The SMILES string of the molecule is CCCCCCCCCCCCCCCC(=O)C(=O)CCCCCCCCCCC. The largest absolute Gasteiger partial charge is 0.291 e. The number of hydrogen-bond acceptors (Lipinski definition) is 2. The predicted molar refractivity (Wildman–Crippen MR) is 132 cm³/mol. The Balaban J connectivity index is 3.30. The van der Waals surface area contributed by atoms with Gasteiger partial charge in [-0.25, -0.2) is 0 Å². The highest BCUT2D eigenvalue weighted by atomic mass is 16.2. The summed E-state index contributed by atoms with van der Waals surface area (Å²) in [5, 5.41) is 0. The minimum absolute atomic E-state index is 0.113. The summed E-state index contributed by atoms with van der Waals surface area (Å²) in [4.78, 5) is 23.9. The average molecular weight is 423 g/mol. The molecule has 0 bridgehead atoms. The molecule has 0 heterocycles. The third-order valence-corrected chi connectivity index (χ3v) is 6.33. The fraction of sp³-hybridized carbons (Fsp3) is 0.929. The second-order valence-corrected chi connectivity index (χ2v) is 9.42. The summed E-state index contributed by atoms with van der Waals surface area (Å²) in [6.07, 6.45) is 29.1. The van der Waals surface area contributed by atoms with Crippen molar-refractivity contribution in [2.45, 2.75) is 168 Å². The van der Waals surface area contributed by atoms with Crippen molar-refractivity contribution in [2.24, 2.45) is 0 Å².